The van der Waals surface area contributed by atoms with Crippen molar-refractivity contribution in [3.05, 3.63) is 65.5 Å². The number of nitrogens with zero attached hydrogens (tertiary/aromatic N) is 1. The molecule has 4 aromatic rings. The zero-order valence-electron chi connectivity index (χ0n) is 16.1. The van der Waals surface area contributed by atoms with Gasteiger partial charge in [-0.05, 0) is 30.6 Å². The highest BCUT2D eigenvalue weighted by Crippen LogP contribution is 2.36. The van der Waals surface area contributed by atoms with Crippen LogP contribution in [0, 0.1) is 19.7 Å². The average Bonchev–Trinajstić information content (AvgIpc) is 2.95. The van der Waals surface area contributed by atoms with Crippen molar-refractivity contribution in [3.8, 4) is 11.3 Å². The van der Waals surface area contributed by atoms with Gasteiger partial charge in [-0.2, -0.15) is 4.57 Å². The first-order valence-corrected chi connectivity index (χ1v) is 7.38. The minimum atomic E-state index is -0.885. The van der Waals surface area contributed by atoms with Crippen molar-refractivity contribution in [1.29, 1.82) is 0 Å². The molecule has 2 nitrogen and oxygen atoms in total. The van der Waals surface area contributed by atoms with E-state index < -0.39 is 11.9 Å². The number of hydrogen-bond acceptors (Lipinski definition) is 1. The van der Waals surface area contributed by atoms with Gasteiger partial charge in [-0.15, -0.1) is 0 Å². The molecule has 0 fully saturated rings. The van der Waals surface area contributed by atoms with Gasteiger partial charge in [0.1, 0.15) is 24.0 Å². The lowest BCUT2D eigenvalue weighted by atomic mass is 10.0. The molecule has 2 aromatic heterocycles. The third-order valence-electron chi connectivity index (χ3n) is 4.33. The van der Waals surface area contributed by atoms with Gasteiger partial charge < -0.3 is 4.42 Å². The first-order chi connectivity index (χ1) is 12.3. The van der Waals surface area contributed by atoms with Crippen molar-refractivity contribution in [2.45, 2.75) is 13.8 Å². The summed E-state index contributed by atoms with van der Waals surface area (Å²) in [5.41, 5.74) is 4.19. The molecule has 0 aliphatic carbocycles. The Balaban J connectivity index is 2.19. The summed E-state index contributed by atoms with van der Waals surface area (Å²) in [6, 6.07) is 8.43. The Morgan fingerprint density at radius 3 is 2.74 bits per heavy atom. The number of pyridine rings is 1. The second kappa shape index (κ2) is 4.92. The summed E-state index contributed by atoms with van der Waals surface area (Å²) in [5.74, 6) is -0.885. The number of furan rings is 1. The predicted octanol–water partition coefficient (Wildman–Crippen LogP) is 4.83. The number of fused-ring (bicyclic) bond motifs is 3. The van der Waals surface area contributed by atoms with Crippen molar-refractivity contribution in [2.75, 3.05) is 0 Å². The molecule has 2 aromatic carbocycles. The lowest BCUT2D eigenvalue weighted by Gasteiger charge is -2.06. The van der Waals surface area contributed by atoms with E-state index in [9.17, 15) is 4.39 Å². The van der Waals surface area contributed by atoms with Crippen molar-refractivity contribution < 1.29 is 17.5 Å². The molecule has 4 rings (SSSR count). The predicted molar refractivity (Wildman–Crippen MR) is 89.8 cm³/mol. The van der Waals surface area contributed by atoms with Crippen molar-refractivity contribution in [3.63, 3.8) is 0 Å². The van der Waals surface area contributed by atoms with E-state index in [-0.39, 0.29) is 11.6 Å². The monoisotopic (exact) mass is 309 g/mol. The normalized spacial score (nSPS) is 13.3. The van der Waals surface area contributed by atoms with E-state index >= 15 is 0 Å². The van der Waals surface area contributed by atoms with Crippen LogP contribution in [0.25, 0.3) is 33.2 Å². The van der Waals surface area contributed by atoms with Crippen molar-refractivity contribution in [1.82, 2.24) is 0 Å². The average molecular weight is 309 g/mol. The van der Waals surface area contributed by atoms with Crippen LogP contribution < -0.4 is 4.57 Å². The first kappa shape index (κ1) is 10.9. The Morgan fingerprint density at radius 1 is 1.09 bits per heavy atom. The zero-order chi connectivity index (χ0) is 18.7. The maximum Gasteiger partial charge on any atom is 0.216 e. The fraction of sp³-hybridized carbons (Fsp3) is 0.150. The summed E-state index contributed by atoms with van der Waals surface area (Å²) < 4.78 is 45.7. The van der Waals surface area contributed by atoms with Crippen LogP contribution in [0.2, 0.25) is 0 Å². The van der Waals surface area contributed by atoms with E-state index in [0.29, 0.717) is 17.0 Å². The molecule has 0 unspecified atom stereocenters. The molecule has 0 spiro atoms. The molecule has 0 saturated heterocycles. The highest BCUT2D eigenvalue weighted by molar-refractivity contribution is 6.09. The topological polar surface area (TPSA) is 17.0 Å². The Morgan fingerprint density at radius 2 is 1.91 bits per heavy atom. The van der Waals surface area contributed by atoms with Crippen LogP contribution in [-0.4, -0.2) is 0 Å². The molecule has 0 saturated carbocycles. The van der Waals surface area contributed by atoms with E-state index in [1.54, 1.807) is 12.1 Å². The quantitative estimate of drug-likeness (QED) is 0.460. The minimum absolute atomic E-state index is 0.141. The van der Waals surface area contributed by atoms with Crippen LogP contribution in [0.3, 0.4) is 0 Å². The van der Waals surface area contributed by atoms with Gasteiger partial charge in [0.2, 0.25) is 5.69 Å². The summed E-state index contributed by atoms with van der Waals surface area (Å²) in [6.45, 7) is 3.88. The van der Waals surface area contributed by atoms with Crippen LogP contribution in [0.1, 0.15) is 15.4 Å². The summed E-state index contributed by atoms with van der Waals surface area (Å²) in [7, 11) is 1.92. The molecule has 3 heteroatoms. The van der Waals surface area contributed by atoms with Crippen LogP contribution >= 0.6 is 0 Å². The molecule has 2 heterocycles. The summed E-state index contributed by atoms with van der Waals surface area (Å²) in [4.78, 5) is 0. The Bertz CT molecular complexity index is 1210. The Labute approximate surface area is 138 Å². The molecule has 0 radical (unpaired) electrons. The largest absolute Gasteiger partial charge is 0.455 e. The van der Waals surface area contributed by atoms with Gasteiger partial charge in [-0.3, -0.25) is 0 Å². The number of benzene rings is 2. The van der Waals surface area contributed by atoms with E-state index in [1.165, 1.54) is 6.07 Å². The Hall–Kier alpha value is -2.68. The van der Waals surface area contributed by atoms with Gasteiger partial charge in [0.25, 0.3) is 0 Å². The van der Waals surface area contributed by atoms with E-state index in [0.717, 1.165) is 27.9 Å². The molecule has 0 bridgehead atoms. The number of aryl methyl sites for hydroxylation is 2. The van der Waals surface area contributed by atoms with Crippen molar-refractivity contribution >= 4 is 21.9 Å². The van der Waals surface area contributed by atoms with Crippen LogP contribution in [-0.2, 0) is 7.05 Å². The highest BCUT2D eigenvalue weighted by atomic mass is 19.1. The lowest BCUT2D eigenvalue weighted by molar-refractivity contribution is -0.666. The first-order valence-electron chi connectivity index (χ1n) is 8.88. The fourth-order valence-electron chi connectivity index (χ4n) is 2.97. The summed E-state index contributed by atoms with van der Waals surface area (Å²) in [6.07, 6.45) is 0. The molecule has 0 amide bonds. The van der Waals surface area contributed by atoms with Crippen molar-refractivity contribution in [2.24, 2.45) is 7.05 Å². The van der Waals surface area contributed by atoms with Gasteiger partial charge in [0, 0.05) is 35.9 Å². The van der Waals surface area contributed by atoms with Gasteiger partial charge in [-0.25, -0.2) is 4.39 Å². The van der Waals surface area contributed by atoms with Crippen LogP contribution in [0.15, 0.2) is 52.9 Å². The number of aromatic nitrogens is 1. The highest BCUT2D eigenvalue weighted by Gasteiger charge is 2.21. The standard InChI is InChI=1S/C20H17FNO/c1-12-7-9-16-15-10-8-14(21)11-18(15)23-20(16)19(12)17-6-4-5-13(2)22(17)3/h4-11H,1-3H3/q+1/i4D,8D,11D. The van der Waals surface area contributed by atoms with Gasteiger partial charge in [-0.1, -0.05) is 12.1 Å². The molecular formula is C20H17FNO+. The third kappa shape index (κ3) is 2.04. The molecule has 0 atom stereocenters. The second-order valence-electron chi connectivity index (χ2n) is 5.75. The van der Waals surface area contributed by atoms with Gasteiger partial charge in [0.05, 0.1) is 9.68 Å². The number of hydrogen-bond donors (Lipinski definition) is 0. The van der Waals surface area contributed by atoms with E-state index in [2.05, 4.69) is 0 Å². The van der Waals surface area contributed by atoms with E-state index in [4.69, 9.17) is 8.53 Å². The van der Waals surface area contributed by atoms with Crippen LogP contribution in [0.4, 0.5) is 4.39 Å². The molecule has 0 aliphatic heterocycles. The molecule has 23 heavy (non-hydrogen) atoms. The fourth-order valence-corrected chi connectivity index (χ4v) is 2.97. The SMILES string of the molecule is [2H]c1cc(C)[n+](C)c(-c2c(C)ccc3c2oc2c([2H])c(F)c([2H])cc23)c1. The van der Waals surface area contributed by atoms with Gasteiger partial charge >= 0.3 is 0 Å². The maximum atomic E-state index is 14.0. The second-order valence-corrected chi connectivity index (χ2v) is 5.75. The third-order valence-corrected chi connectivity index (χ3v) is 4.33. The molecule has 114 valence electrons. The Kier molecular flexibility index (Phi) is 2.34. The van der Waals surface area contributed by atoms with Gasteiger partial charge in [0.15, 0.2) is 5.69 Å². The minimum Gasteiger partial charge on any atom is -0.455 e. The van der Waals surface area contributed by atoms with Crippen LogP contribution in [0.5, 0.6) is 0 Å². The summed E-state index contributed by atoms with van der Waals surface area (Å²) in [5, 5.41) is 1.29. The molecular weight excluding hydrogens is 289 g/mol. The molecule has 0 N–H and O–H groups in total. The summed E-state index contributed by atoms with van der Waals surface area (Å²) >= 11 is 0. The number of rotatable bonds is 1. The lowest BCUT2D eigenvalue weighted by Crippen LogP contribution is -2.34. The maximum absolute atomic E-state index is 14.0. The van der Waals surface area contributed by atoms with E-state index in [1.807, 2.05) is 37.6 Å². The smallest absolute Gasteiger partial charge is 0.216 e. The number of halogens is 1. The zero-order valence-corrected chi connectivity index (χ0v) is 13.1. The molecule has 0 aliphatic rings.